The molecule has 1 fully saturated rings. The Morgan fingerprint density at radius 3 is 2.78 bits per heavy atom. The number of ether oxygens (including phenoxy) is 1. The predicted molar refractivity (Wildman–Crippen MR) is 85.8 cm³/mol. The summed E-state index contributed by atoms with van der Waals surface area (Å²) in [6, 6.07) is 1.39. The van der Waals surface area contributed by atoms with Crippen molar-refractivity contribution in [3.63, 3.8) is 0 Å². The van der Waals surface area contributed by atoms with Gasteiger partial charge in [0.25, 0.3) is 5.91 Å². The van der Waals surface area contributed by atoms with Gasteiger partial charge in [0.05, 0.1) is 18.1 Å². The number of halogens is 1. The van der Waals surface area contributed by atoms with Gasteiger partial charge in [0.2, 0.25) is 5.88 Å². The molecule has 1 aliphatic carbocycles. The number of carbonyl (C=O) groups is 2. The van der Waals surface area contributed by atoms with Crippen LogP contribution in [0, 0.1) is 11.8 Å². The van der Waals surface area contributed by atoms with E-state index in [2.05, 4.69) is 10.3 Å². The number of pyridine rings is 1. The molecule has 126 valence electrons. The number of hydrogen-bond donors (Lipinski definition) is 2. The number of nitrogens with zero attached hydrogens (tertiary/aromatic N) is 1. The Hall–Kier alpha value is -1.82. The molecule has 2 N–H and O–H groups in total. The van der Waals surface area contributed by atoms with E-state index in [0.717, 1.165) is 0 Å². The SMILES string of the molecule is CC(C)COc1ncc(C(=O)N[C@@H]2CC[C@H](C(=O)O)C2)cc1Cl. The molecule has 1 heterocycles. The van der Waals surface area contributed by atoms with Gasteiger partial charge in [0.15, 0.2) is 0 Å². The van der Waals surface area contributed by atoms with Crippen molar-refractivity contribution in [3.8, 4) is 5.88 Å². The monoisotopic (exact) mass is 340 g/mol. The molecule has 1 saturated carbocycles. The summed E-state index contributed by atoms with van der Waals surface area (Å²) in [5.41, 5.74) is 0.339. The highest BCUT2D eigenvalue weighted by atomic mass is 35.5. The standard InChI is InChI=1S/C16H21ClN2O4/c1-9(2)8-23-15-13(17)6-11(7-18-15)14(20)19-12-4-3-10(5-12)16(21)22/h6-7,9-10,12H,3-5,8H2,1-2H3,(H,19,20)(H,21,22)/t10-,12+/m0/s1. The summed E-state index contributed by atoms with van der Waals surface area (Å²) in [5, 5.41) is 12.1. The van der Waals surface area contributed by atoms with E-state index in [1.165, 1.54) is 12.3 Å². The fraction of sp³-hybridized carbons (Fsp3) is 0.562. The molecule has 1 aliphatic rings. The van der Waals surface area contributed by atoms with Crippen LogP contribution < -0.4 is 10.1 Å². The summed E-state index contributed by atoms with van der Waals surface area (Å²) >= 11 is 6.09. The quantitative estimate of drug-likeness (QED) is 0.831. The molecule has 1 aromatic heterocycles. The van der Waals surface area contributed by atoms with E-state index in [1.54, 1.807) is 0 Å². The molecule has 0 aliphatic heterocycles. The van der Waals surface area contributed by atoms with Crippen molar-refractivity contribution in [2.75, 3.05) is 6.61 Å². The fourth-order valence-electron chi connectivity index (χ4n) is 2.51. The number of aromatic nitrogens is 1. The van der Waals surface area contributed by atoms with Crippen LogP contribution in [-0.2, 0) is 4.79 Å². The van der Waals surface area contributed by atoms with Crippen LogP contribution in [0.2, 0.25) is 5.02 Å². The Kier molecular flexibility index (Phi) is 5.82. The summed E-state index contributed by atoms with van der Waals surface area (Å²) in [7, 11) is 0. The van der Waals surface area contributed by atoms with Crippen LogP contribution in [0.25, 0.3) is 0 Å². The number of carboxylic acid groups (broad SMARTS) is 1. The van der Waals surface area contributed by atoms with E-state index in [0.29, 0.717) is 43.2 Å². The van der Waals surface area contributed by atoms with E-state index in [-0.39, 0.29) is 22.9 Å². The van der Waals surface area contributed by atoms with Crippen LogP contribution in [0.3, 0.4) is 0 Å². The molecule has 0 saturated heterocycles. The molecule has 0 unspecified atom stereocenters. The van der Waals surface area contributed by atoms with Gasteiger partial charge in [-0.1, -0.05) is 25.4 Å². The number of nitrogens with one attached hydrogen (secondary N) is 1. The summed E-state index contributed by atoms with van der Waals surface area (Å²) in [6.45, 7) is 4.53. The number of carbonyl (C=O) groups excluding carboxylic acids is 1. The second-order valence-corrected chi connectivity index (χ2v) is 6.64. The molecular formula is C16H21ClN2O4. The van der Waals surface area contributed by atoms with Crippen molar-refractivity contribution in [2.24, 2.45) is 11.8 Å². The lowest BCUT2D eigenvalue weighted by molar-refractivity contribution is -0.141. The fourth-order valence-corrected chi connectivity index (χ4v) is 2.73. The number of rotatable bonds is 6. The maximum absolute atomic E-state index is 12.2. The molecule has 6 nitrogen and oxygen atoms in total. The normalized spacial score (nSPS) is 20.5. The molecule has 23 heavy (non-hydrogen) atoms. The first kappa shape index (κ1) is 17.5. The average Bonchev–Trinajstić information content (AvgIpc) is 2.94. The Balaban J connectivity index is 1.95. The molecule has 0 spiro atoms. The van der Waals surface area contributed by atoms with E-state index in [9.17, 15) is 9.59 Å². The lowest BCUT2D eigenvalue weighted by atomic mass is 10.1. The maximum atomic E-state index is 12.2. The van der Waals surface area contributed by atoms with Gasteiger partial charge in [-0.05, 0) is 31.2 Å². The van der Waals surface area contributed by atoms with E-state index >= 15 is 0 Å². The topological polar surface area (TPSA) is 88.5 Å². The van der Waals surface area contributed by atoms with Gasteiger partial charge in [-0.3, -0.25) is 9.59 Å². The smallest absolute Gasteiger partial charge is 0.306 e. The summed E-state index contributed by atoms with van der Waals surface area (Å²) in [5.74, 6) is -0.832. The van der Waals surface area contributed by atoms with Gasteiger partial charge in [-0.15, -0.1) is 0 Å². The number of amides is 1. The van der Waals surface area contributed by atoms with Crippen LogP contribution in [0.4, 0.5) is 0 Å². The maximum Gasteiger partial charge on any atom is 0.306 e. The van der Waals surface area contributed by atoms with Crippen molar-refractivity contribution in [2.45, 2.75) is 39.2 Å². The molecule has 0 bridgehead atoms. The predicted octanol–water partition coefficient (Wildman–Crippen LogP) is 2.75. The third-order valence-corrected chi connectivity index (χ3v) is 4.01. The van der Waals surface area contributed by atoms with Gasteiger partial charge in [-0.2, -0.15) is 0 Å². The highest BCUT2D eigenvalue weighted by Gasteiger charge is 2.30. The Morgan fingerprint density at radius 2 is 2.22 bits per heavy atom. The minimum atomic E-state index is -0.807. The summed E-state index contributed by atoms with van der Waals surface area (Å²) in [6.07, 6.45) is 3.12. The zero-order valence-electron chi connectivity index (χ0n) is 13.2. The summed E-state index contributed by atoms with van der Waals surface area (Å²) < 4.78 is 5.47. The van der Waals surface area contributed by atoms with Gasteiger partial charge in [-0.25, -0.2) is 4.98 Å². The number of carboxylic acids is 1. The van der Waals surface area contributed by atoms with Gasteiger partial charge < -0.3 is 15.2 Å². The molecule has 1 amide bonds. The zero-order valence-corrected chi connectivity index (χ0v) is 14.0. The van der Waals surface area contributed by atoms with Crippen LogP contribution in [0.1, 0.15) is 43.5 Å². The van der Waals surface area contributed by atoms with Crippen LogP contribution in [-0.4, -0.2) is 34.6 Å². The molecule has 0 radical (unpaired) electrons. The molecule has 2 rings (SSSR count). The average molecular weight is 341 g/mol. The van der Waals surface area contributed by atoms with Gasteiger partial charge in [0, 0.05) is 12.2 Å². The van der Waals surface area contributed by atoms with E-state index in [1.807, 2.05) is 13.8 Å². The van der Waals surface area contributed by atoms with Gasteiger partial charge >= 0.3 is 5.97 Å². The Morgan fingerprint density at radius 1 is 1.48 bits per heavy atom. The van der Waals surface area contributed by atoms with Crippen molar-refractivity contribution in [3.05, 3.63) is 22.8 Å². The molecule has 2 atom stereocenters. The largest absolute Gasteiger partial charge is 0.481 e. The zero-order chi connectivity index (χ0) is 17.0. The molecule has 1 aromatic rings. The first-order valence-electron chi connectivity index (χ1n) is 7.68. The lowest BCUT2D eigenvalue weighted by Crippen LogP contribution is -2.33. The Bertz CT molecular complexity index is 591. The van der Waals surface area contributed by atoms with Gasteiger partial charge in [0.1, 0.15) is 5.02 Å². The molecule has 7 heteroatoms. The Labute approximate surface area is 140 Å². The van der Waals surface area contributed by atoms with Crippen LogP contribution in [0.5, 0.6) is 5.88 Å². The van der Waals surface area contributed by atoms with Crippen LogP contribution in [0.15, 0.2) is 12.3 Å². The minimum Gasteiger partial charge on any atom is -0.481 e. The lowest BCUT2D eigenvalue weighted by Gasteiger charge is -2.13. The second-order valence-electron chi connectivity index (χ2n) is 6.23. The third kappa shape index (κ3) is 4.82. The van der Waals surface area contributed by atoms with E-state index in [4.69, 9.17) is 21.4 Å². The van der Waals surface area contributed by atoms with Crippen molar-refractivity contribution in [1.82, 2.24) is 10.3 Å². The molecular weight excluding hydrogens is 320 g/mol. The third-order valence-electron chi connectivity index (χ3n) is 3.74. The second kappa shape index (κ2) is 7.64. The molecule has 0 aromatic carbocycles. The van der Waals surface area contributed by atoms with Crippen molar-refractivity contribution >= 4 is 23.5 Å². The number of hydrogen-bond acceptors (Lipinski definition) is 4. The number of aliphatic carboxylic acids is 1. The minimum absolute atomic E-state index is 0.126. The van der Waals surface area contributed by atoms with Crippen molar-refractivity contribution in [1.29, 1.82) is 0 Å². The first-order valence-corrected chi connectivity index (χ1v) is 8.06. The highest BCUT2D eigenvalue weighted by Crippen LogP contribution is 2.27. The highest BCUT2D eigenvalue weighted by molar-refractivity contribution is 6.32. The van der Waals surface area contributed by atoms with Crippen LogP contribution >= 0.6 is 11.6 Å². The summed E-state index contributed by atoms with van der Waals surface area (Å²) in [4.78, 5) is 27.2. The van der Waals surface area contributed by atoms with Crippen molar-refractivity contribution < 1.29 is 19.4 Å². The first-order chi connectivity index (χ1) is 10.9. The van der Waals surface area contributed by atoms with E-state index < -0.39 is 5.97 Å².